The summed E-state index contributed by atoms with van der Waals surface area (Å²) in [6, 6.07) is 0. The normalized spacial score (nSPS) is 16.4. The fourth-order valence-electron chi connectivity index (χ4n) is 0.778. The molecular weight excluding hydrogens is 176 g/mol. The van der Waals surface area contributed by atoms with Gasteiger partial charge >= 0.3 is 0 Å². The van der Waals surface area contributed by atoms with Crippen LogP contribution < -0.4 is 0 Å². The predicted octanol–water partition coefficient (Wildman–Crippen LogP) is 4.05. The molecule has 0 saturated carbocycles. The quantitative estimate of drug-likeness (QED) is 0.627. The fraction of sp³-hybridized carbons (Fsp3) is 1.00. The molecule has 0 aromatic rings. The van der Waals surface area contributed by atoms with E-state index in [1.165, 1.54) is 0 Å². The molecule has 0 radical (unpaired) electrons. The summed E-state index contributed by atoms with van der Waals surface area (Å²) in [7, 11) is -1.53. The van der Waals surface area contributed by atoms with Gasteiger partial charge in [0.1, 0.15) is 0 Å². The van der Waals surface area contributed by atoms with Crippen LogP contribution in [0.4, 0.5) is 0 Å². The summed E-state index contributed by atoms with van der Waals surface area (Å²) in [5.74, 6) is 0.620. The molecule has 13 heavy (non-hydrogen) atoms. The first-order valence-corrected chi connectivity index (χ1v) is 8.16. The van der Waals surface area contributed by atoms with E-state index in [9.17, 15) is 0 Å². The van der Waals surface area contributed by atoms with Gasteiger partial charge in [-0.1, -0.05) is 34.6 Å². The van der Waals surface area contributed by atoms with Gasteiger partial charge in [-0.15, -0.1) is 0 Å². The van der Waals surface area contributed by atoms with Gasteiger partial charge < -0.3 is 4.43 Å². The zero-order valence-corrected chi connectivity index (χ0v) is 11.6. The predicted molar refractivity (Wildman–Crippen MR) is 62.6 cm³/mol. The summed E-state index contributed by atoms with van der Waals surface area (Å²) in [5, 5.41) is 0.330. The van der Waals surface area contributed by atoms with Crippen molar-refractivity contribution in [2.75, 3.05) is 0 Å². The van der Waals surface area contributed by atoms with E-state index >= 15 is 0 Å². The van der Waals surface area contributed by atoms with Crippen LogP contribution in [-0.2, 0) is 4.43 Å². The van der Waals surface area contributed by atoms with E-state index in [2.05, 4.69) is 54.6 Å². The van der Waals surface area contributed by atoms with Crippen LogP contribution in [0.1, 0.15) is 41.5 Å². The molecule has 0 fully saturated rings. The highest BCUT2D eigenvalue weighted by atomic mass is 28.4. The Morgan fingerprint density at radius 1 is 1.00 bits per heavy atom. The summed E-state index contributed by atoms with van der Waals surface area (Å²) in [4.78, 5) is 0. The van der Waals surface area contributed by atoms with Crippen molar-refractivity contribution in [3.8, 4) is 0 Å². The van der Waals surface area contributed by atoms with E-state index in [0.29, 0.717) is 17.1 Å². The summed E-state index contributed by atoms with van der Waals surface area (Å²) >= 11 is 0. The van der Waals surface area contributed by atoms with Gasteiger partial charge in [-0.2, -0.15) is 0 Å². The Kier molecular flexibility index (Phi) is 4.19. The first-order chi connectivity index (χ1) is 5.58. The molecule has 1 unspecified atom stereocenters. The van der Waals surface area contributed by atoms with Gasteiger partial charge in [0.25, 0.3) is 0 Å². The summed E-state index contributed by atoms with van der Waals surface area (Å²) in [6.07, 6.45) is 0.390. The van der Waals surface area contributed by atoms with Gasteiger partial charge in [0.2, 0.25) is 0 Å². The van der Waals surface area contributed by atoms with E-state index in [4.69, 9.17) is 4.43 Å². The second-order valence-electron chi connectivity index (χ2n) is 5.83. The molecule has 0 saturated heterocycles. The molecule has 0 rings (SSSR count). The number of hydrogen-bond acceptors (Lipinski definition) is 1. The molecule has 0 spiro atoms. The molecule has 0 aromatic carbocycles. The summed E-state index contributed by atoms with van der Waals surface area (Å²) in [6.45, 7) is 18.1. The molecule has 0 N–H and O–H groups in total. The fourth-order valence-corrected chi connectivity index (χ4v) is 2.33. The second-order valence-corrected chi connectivity index (χ2v) is 10.6. The topological polar surface area (TPSA) is 9.23 Å². The lowest BCUT2D eigenvalue weighted by atomic mass is 10.1. The molecule has 2 heteroatoms. The van der Waals surface area contributed by atoms with Crippen molar-refractivity contribution < 1.29 is 4.43 Å². The van der Waals surface area contributed by atoms with E-state index in [1.807, 2.05) is 0 Å². The molecule has 0 bridgehead atoms. The first kappa shape index (κ1) is 13.2. The van der Waals surface area contributed by atoms with E-state index in [-0.39, 0.29) is 0 Å². The average Bonchev–Trinajstić information content (AvgIpc) is 1.83. The lowest BCUT2D eigenvalue weighted by Crippen LogP contribution is -2.44. The van der Waals surface area contributed by atoms with Crippen LogP contribution in [0.3, 0.4) is 0 Å². The highest BCUT2D eigenvalue weighted by molar-refractivity contribution is 6.74. The average molecular weight is 202 g/mol. The Bertz CT molecular complexity index is 156. The standard InChI is InChI=1S/C11H26OSi/c1-9(2)10(3)12-13(7,8)11(4,5)6/h9-10H,1-8H3. The molecule has 80 valence electrons. The summed E-state index contributed by atoms with van der Waals surface area (Å²) in [5.41, 5.74) is 0. The van der Waals surface area contributed by atoms with Crippen molar-refractivity contribution in [3.05, 3.63) is 0 Å². The second kappa shape index (κ2) is 4.14. The van der Waals surface area contributed by atoms with E-state index < -0.39 is 8.32 Å². The first-order valence-electron chi connectivity index (χ1n) is 5.26. The molecule has 0 aliphatic rings. The SMILES string of the molecule is CC(C)C(C)O[Si](C)(C)C(C)(C)C. The van der Waals surface area contributed by atoms with Crippen molar-refractivity contribution in [1.29, 1.82) is 0 Å². The monoisotopic (exact) mass is 202 g/mol. The maximum atomic E-state index is 6.20. The van der Waals surface area contributed by atoms with E-state index in [1.54, 1.807) is 0 Å². The van der Waals surface area contributed by atoms with Crippen molar-refractivity contribution in [3.63, 3.8) is 0 Å². The lowest BCUT2D eigenvalue weighted by molar-refractivity contribution is 0.151. The maximum absolute atomic E-state index is 6.20. The van der Waals surface area contributed by atoms with Gasteiger partial charge in [0.15, 0.2) is 8.32 Å². The van der Waals surface area contributed by atoms with Gasteiger partial charge in [-0.05, 0) is 31.0 Å². The van der Waals surface area contributed by atoms with Crippen molar-refractivity contribution in [2.45, 2.75) is 65.8 Å². The van der Waals surface area contributed by atoms with Crippen LogP contribution in [0, 0.1) is 5.92 Å². The zero-order chi connectivity index (χ0) is 10.9. The van der Waals surface area contributed by atoms with Crippen LogP contribution >= 0.6 is 0 Å². The zero-order valence-electron chi connectivity index (χ0n) is 10.6. The number of hydrogen-bond donors (Lipinski definition) is 0. The smallest absolute Gasteiger partial charge is 0.192 e. The van der Waals surface area contributed by atoms with E-state index in [0.717, 1.165) is 0 Å². The largest absolute Gasteiger partial charge is 0.414 e. The molecule has 1 nitrogen and oxygen atoms in total. The van der Waals surface area contributed by atoms with Crippen LogP contribution in [0.25, 0.3) is 0 Å². The Hall–Kier alpha value is 0.177. The third kappa shape index (κ3) is 3.82. The van der Waals surface area contributed by atoms with Crippen molar-refractivity contribution in [2.24, 2.45) is 5.92 Å². The number of rotatable bonds is 3. The van der Waals surface area contributed by atoms with Gasteiger partial charge in [0.05, 0.1) is 0 Å². The maximum Gasteiger partial charge on any atom is 0.192 e. The highest BCUT2D eigenvalue weighted by Gasteiger charge is 2.38. The third-order valence-corrected chi connectivity index (χ3v) is 7.80. The molecule has 0 aliphatic heterocycles. The Morgan fingerprint density at radius 3 is 1.62 bits per heavy atom. The minimum atomic E-state index is -1.53. The van der Waals surface area contributed by atoms with Gasteiger partial charge in [-0.25, -0.2) is 0 Å². The Labute approximate surface area is 85.0 Å². The molecule has 1 atom stereocenters. The van der Waals surface area contributed by atoms with Crippen LogP contribution in [0.2, 0.25) is 18.1 Å². The molecule has 0 aliphatic carbocycles. The third-order valence-electron chi connectivity index (χ3n) is 3.23. The van der Waals surface area contributed by atoms with Crippen molar-refractivity contribution in [1.82, 2.24) is 0 Å². The minimum Gasteiger partial charge on any atom is -0.414 e. The van der Waals surface area contributed by atoms with Crippen LogP contribution in [0.5, 0.6) is 0 Å². The lowest BCUT2D eigenvalue weighted by Gasteiger charge is -2.39. The Morgan fingerprint density at radius 2 is 1.38 bits per heavy atom. The molecule has 0 heterocycles. The molecular formula is C11H26OSi. The molecule has 0 amide bonds. The van der Waals surface area contributed by atoms with Gasteiger partial charge in [0, 0.05) is 6.10 Å². The minimum absolute atomic E-state index is 0.330. The van der Waals surface area contributed by atoms with Crippen LogP contribution in [0.15, 0.2) is 0 Å². The van der Waals surface area contributed by atoms with Gasteiger partial charge in [-0.3, -0.25) is 0 Å². The highest BCUT2D eigenvalue weighted by Crippen LogP contribution is 2.37. The van der Waals surface area contributed by atoms with Crippen molar-refractivity contribution >= 4 is 8.32 Å². The summed E-state index contributed by atoms with van der Waals surface area (Å²) < 4.78 is 6.20. The van der Waals surface area contributed by atoms with Crippen LogP contribution in [-0.4, -0.2) is 14.4 Å². The molecule has 0 aromatic heterocycles. The Balaban J connectivity index is 4.34.